The molecule has 0 fully saturated rings. The maximum Gasteiger partial charge on any atom is 0.255 e. The number of hydrogen-bond acceptors (Lipinski definition) is 4. The third kappa shape index (κ3) is 3.37. The first-order chi connectivity index (χ1) is 9.20. The van der Waals surface area contributed by atoms with Crippen molar-refractivity contribution in [3.63, 3.8) is 0 Å². The minimum atomic E-state index is -0.682. The van der Waals surface area contributed by atoms with Gasteiger partial charge in [-0.05, 0) is 13.0 Å². The SMILES string of the molecule is CCNc1ncc(F)c(OCc2ccccc2F)n1. The van der Waals surface area contributed by atoms with Crippen molar-refractivity contribution in [3.8, 4) is 5.88 Å². The van der Waals surface area contributed by atoms with Crippen LogP contribution in [0.3, 0.4) is 0 Å². The van der Waals surface area contributed by atoms with Crippen molar-refractivity contribution < 1.29 is 13.5 Å². The summed E-state index contributed by atoms with van der Waals surface area (Å²) in [5.41, 5.74) is 0.338. The number of nitrogens with zero attached hydrogens (tertiary/aromatic N) is 2. The molecular formula is C13H13F2N3O. The lowest BCUT2D eigenvalue weighted by Gasteiger charge is -2.08. The summed E-state index contributed by atoms with van der Waals surface area (Å²) in [5.74, 6) is -1.01. The highest BCUT2D eigenvalue weighted by atomic mass is 19.1. The van der Waals surface area contributed by atoms with Crippen LogP contribution in [0.2, 0.25) is 0 Å². The fourth-order valence-corrected chi connectivity index (χ4v) is 1.46. The molecule has 2 aromatic rings. The van der Waals surface area contributed by atoms with E-state index >= 15 is 0 Å². The van der Waals surface area contributed by atoms with Crippen molar-refractivity contribution in [1.29, 1.82) is 0 Å². The Hall–Kier alpha value is -2.24. The lowest BCUT2D eigenvalue weighted by Crippen LogP contribution is -2.06. The number of nitrogens with one attached hydrogen (secondary N) is 1. The van der Waals surface area contributed by atoms with Gasteiger partial charge < -0.3 is 10.1 Å². The molecule has 0 saturated carbocycles. The van der Waals surface area contributed by atoms with Crippen LogP contribution in [0.5, 0.6) is 5.88 Å². The Labute approximate surface area is 109 Å². The summed E-state index contributed by atoms with van der Waals surface area (Å²) < 4.78 is 32.0. The molecule has 0 unspecified atom stereocenters. The van der Waals surface area contributed by atoms with Crippen LogP contribution in [0.25, 0.3) is 0 Å². The van der Waals surface area contributed by atoms with E-state index in [-0.39, 0.29) is 18.4 Å². The molecule has 0 aliphatic carbocycles. The predicted octanol–water partition coefficient (Wildman–Crippen LogP) is 2.77. The third-order valence-corrected chi connectivity index (χ3v) is 2.37. The predicted molar refractivity (Wildman–Crippen MR) is 66.9 cm³/mol. The second-order valence-electron chi connectivity index (χ2n) is 3.76. The average molecular weight is 265 g/mol. The zero-order chi connectivity index (χ0) is 13.7. The Morgan fingerprint density at radius 3 is 2.74 bits per heavy atom. The Balaban J connectivity index is 2.10. The van der Waals surface area contributed by atoms with E-state index in [0.29, 0.717) is 12.1 Å². The smallest absolute Gasteiger partial charge is 0.255 e. The Bertz CT molecular complexity index is 563. The van der Waals surface area contributed by atoms with Crippen LogP contribution in [0.4, 0.5) is 14.7 Å². The van der Waals surface area contributed by atoms with Gasteiger partial charge in [-0.25, -0.2) is 9.37 Å². The summed E-state index contributed by atoms with van der Waals surface area (Å²) in [5, 5.41) is 2.84. The van der Waals surface area contributed by atoms with Gasteiger partial charge in [-0.15, -0.1) is 0 Å². The topological polar surface area (TPSA) is 47.0 Å². The molecule has 6 heteroatoms. The minimum Gasteiger partial charge on any atom is -0.470 e. The van der Waals surface area contributed by atoms with Crippen molar-refractivity contribution in [3.05, 3.63) is 47.7 Å². The lowest BCUT2D eigenvalue weighted by atomic mass is 10.2. The van der Waals surface area contributed by atoms with Crippen molar-refractivity contribution in [1.82, 2.24) is 9.97 Å². The van der Waals surface area contributed by atoms with Gasteiger partial charge in [0.25, 0.3) is 5.88 Å². The molecule has 0 aliphatic rings. The standard InChI is InChI=1S/C13H13F2N3O/c1-2-16-13-17-7-11(15)12(18-13)19-8-9-5-3-4-6-10(9)14/h3-7H,2,8H2,1H3,(H,16,17,18). The zero-order valence-electron chi connectivity index (χ0n) is 10.4. The van der Waals surface area contributed by atoms with E-state index in [4.69, 9.17) is 4.74 Å². The fourth-order valence-electron chi connectivity index (χ4n) is 1.46. The van der Waals surface area contributed by atoms with Gasteiger partial charge in [0, 0.05) is 12.1 Å². The van der Waals surface area contributed by atoms with Gasteiger partial charge in [-0.1, -0.05) is 18.2 Å². The number of anilines is 1. The second kappa shape index (κ2) is 6.08. The van der Waals surface area contributed by atoms with Crippen LogP contribution < -0.4 is 10.1 Å². The average Bonchev–Trinajstić information content (AvgIpc) is 2.41. The first kappa shape index (κ1) is 13.2. The first-order valence-corrected chi connectivity index (χ1v) is 5.83. The monoisotopic (exact) mass is 265 g/mol. The van der Waals surface area contributed by atoms with E-state index in [0.717, 1.165) is 6.20 Å². The Morgan fingerprint density at radius 1 is 1.21 bits per heavy atom. The molecule has 0 saturated heterocycles. The summed E-state index contributed by atoms with van der Waals surface area (Å²) in [7, 11) is 0. The number of aromatic nitrogens is 2. The van der Waals surface area contributed by atoms with E-state index in [9.17, 15) is 8.78 Å². The molecule has 0 radical (unpaired) electrons. The summed E-state index contributed by atoms with van der Waals surface area (Å²) >= 11 is 0. The quantitative estimate of drug-likeness (QED) is 0.903. The van der Waals surface area contributed by atoms with E-state index in [1.807, 2.05) is 6.92 Å². The highest BCUT2D eigenvalue weighted by Gasteiger charge is 2.09. The molecule has 1 heterocycles. The number of halogens is 2. The number of hydrogen-bond donors (Lipinski definition) is 1. The van der Waals surface area contributed by atoms with Gasteiger partial charge in [-0.3, -0.25) is 0 Å². The van der Waals surface area contributed by atoms with Crippen molar-refractivity contribution in [2.75, 3.05) is 11.9 Å². The first-order valence-electron chi connectivity index (χ1n) is 5.83. The van der Waals surface area contributed by atoms with Crippen molar-refractivity contribution in [2.24, 2.45) is 0 Å². The van der Waals surface area contributed by atoms with Crippen molar-refractivity contribution >= 4 is 5.95 Å². The van der Waals surface area contributed by atoms with E-state index in [1.165, 1.54) is 6.07 Å². The maximum atomic E-state index is 13.4. The molecule has 0 atom stereocenters. The van der Waals surface area contributed by atoms with Crippen LogP contribution in [-0.4, -0.2) is 16.5 Å². The van der Waals surface area contributed by atoms with Crippen molar-refractivity contribution in [2.45, 2.75) is 13.5 Å². The van der Waals surface area contributed by atoms with Gasteiger partial charge in [0.05, 0.1) is 6.20 Å². The molecule has 100 valence electrons. The highest BCUT2D eigenvalue weighted by molar-refractivity contribution is 5.28. The molecule has 1 aromatic heterocycles. The number of rotatable bonds is 5. The molecule has 0 spiro atoms. The number of ether oxygens (including phenoxy) is 1. The van der Waals surface area contributed by atoms with E-state index in [1.54, 1.807) is 18.2 Å². The van der Waals surface area contributed by atoms with Gasteiger partial charge in [0.15, 0.2) is 0 Å². The molecule has 4 nitrogen and oxygen atoms in total. The second-order valence-corrected chi connectivity index (χ2v) is 3.76. The summed E-state index contributed by atoms with van der Waals surface area (Å²) in [6.45, 7) is 2.39. The van der Waals surface area contributed by atoms with Crippen LogP contribution in [0.1, 0.15) is 12.5 Å². The Morgan fingerprint density at radius 2 is 2.00 bits per heavy atom. The maximum absolute atomic E-state index is 13.4. The fraction of sp³-hybridized carbons (Fsp3) is 0.231. The molecule has 1 aromatic carbocycles. The van der Waals surface area contributed by atoms with E-state index < -0.39 is 11.6 Å². The molecule has 2 rings (SSSR count). The van der Waals surface area contributed by atoms with Gasteiger partial charge in [0.2, 0.25) is 11.8 Å². The van der Waals surface area contributed by atoms with Gasteiger partial charge >= 0.3 is 0 Å². The molecule has 0 aliphatic heterocycles. The third-order valence-electron chi connectivity index (χ3n) is 2.37. The van der Waals surface area contributed by atoms with Crippen LogP contribution in [0, 0.1) is 11.6 Å². The molecule has 1 N–H and O–H groups in total. The largest absolute Gasteiger partial charge is 0.470 e. The van der Waals surface area contributed by atoms with Gasteiger partial charge in [0.1, 0.15) is 12.4 Å². The molecule has 19 heavy (non-hydrogen) atoms. The molecule has 0 amide bonds. The number of benzene rings is 1. The normalized spacial score (nSPS) is 10.3. The lowest BCUT2D eigenvalue weighted by molar-refractivity contribution is 0.271. The molecule has 0 bridgehead atoms. The van der Waals surface area contributed by atoms with E-state index in [2.05, 4.69) is 15.3 Å². The van der Waals surface area contributed by atoms with Crippen LogP contribution in [-0.2, 0) is 6.61 Å². The zero-order valence-corrected chi connectivity index (χ0v) is 10.4. The molecular weight excluding hydrogens is 252 g/mol. The highest BCUT2D eigenvalue weighted by Crippen LogP contribution is 2.17. The Kier molecular flexibility index (Phi) is 4.22. The summed E-state index contributed by atoms with van der Waals surface area (Å²) in [6, 6.07) is 6.15. The van der Waals surface area contributed by atoms with Gasteiger partial charge in [-0.2, -0.15) is 9.37 Å². The van der Waals surface area contributed by atoms with Crippen LogP contribution >= 0.6 is 0 Å². The summed E-state index contributed by atoms with van der Waals surface area (Å²) in [4.78, 5) is 7.61. The minimum absolute atomic E-state index is 0.0911. The summed E-state index contributed by atoms with van der Waals surface area (Å²) in [6.07, 6.45) is 1.02. The van der Waals surface area contributed by atoms with Crippen LogP contribution in [0.15, 0.2) is 30.5 Å².